The summed E-state index contributed by atoms with van der Waals surface area (Å²) in [6.07, 6.45) is 3.92. The van der Waals surface area contributed by atoms with Crippen LogP contribution in [0, 0.1) is 5.92 Å². The van der Waals surface area contributed by atoms with Crippen LogP contribution in [-0.4, -0.2) is 54.6 Å². The summed E-state index contributed by atoms with van der Waals surface area (Å²) in [6, 6.07) is 0. The number of esters is 1. The van der Waals surface area contributed by atoms with Crippen molar-refractivity contribution in [3.05, 3.63) is 12.2 Å². The first kappa shape index (κ1) is 12.1. The second-order valence-electron chi connectivity index (χ2n) is 4.42. The zero-order valence-corrected chi connectivity index (χ0v) is 10.3. The van der Waals surface area contributed by atoms with Crippen LogP contribution in [0.1, 0.15) is 13.3 Å². The van der Waals surface area contributed by atoms with Crippen molar-refractivity contribution < 1.29 is 14.3 Å². The fourth-order valence-electron chi connectivity index (χ4n) is 2.52. The molecule has 94 valence electrons. The molecular formula is C12H18N2O3. The normalized spacial score (nSPS) is 29.1. The van der Waals surface area contributed by atoms with Crippen molar-refractivity contribution in [2.75, 3.05) is 26.7 Å². The van der Waals surface area contributed by atoms with E-state index in [0.717, 1.165) is 13.0 Å². The second-order valence-corrected chi connectivity index (χ2v) is 4.42. The molecule has 2 heterocycles. The number of amides is 1. The summed E-state index contributed by atoms with van der Waals surface area (Å²) >= 11 is 0. The van der Waals surface area contributed by atoms with Gasteiger partial charge in [-0.2, -0.15) is 0 Å². The van der Waals surface area contributed by atoms with Gasteiger partial charge in [0.05, 0.1) is 6.61 Å². The van der Waals surface area contributed by atoms with Gasteiger partial charge in [-0.1, -0.05) is 6.08 Å². The molecule has 0 unspecified atom stereocenters. The molecular weight excluding hydrogens is 220 g/mol. The molecule has 1 saturated heterocycles. The highest BCUT2D eigenvalue weighted by molar-refractivity contribution is 5.91. The number of carbonyl (C=O) groups excluding carboxylic acids is 2. The molecule has 2 aliphatic heterocycles. The summed E-state index contributed by atoms with van der Waals surface area (Å²) in [5, 5.41) is 0. The van der Waals surface area contributed by atoms with Gasteiger partial charge in [-0.05, 0) is 20.4 Å². The molecule has 0 aromatic heterocycles. The Bertz CT molecular complexity index is 354. The average molecular weight is 238 g/mol. The number of nitrogens with zero attached hydrogens (tertiary/aromatic N) is 2. The molecule has 0 N–H and O–H groups in total. The van der Waals surface area contributed by atoms with Crippen molar-refractivity contribution in [3.63, 3.8) is 0 Å². The van der Waals surface area contributed by atoms with Crippen LogP contribution in [0.5, 0.6) is 0 Å². The maximum atomic E-state index is 11.9. The lowest BCUT2D eigenvalue weighted by Gasteiger charge is -2.45. The van der Waals surface area contributed by atoms with E-state index in [-0.39, 0.29) is 24.0 Å². The number of hydrogen-bond acceptors (Lipinski definition) is 4. The first-order chi connectivity index (χ1) is 8.15. The number of fused-ring (bicyclic) bond motifs is 1. The quantitative estimate of drug-likeness (QED) is 0.646. The standard InChI is InChI=1S/C12H18N2O3/c1-3-17-12(16)9-5-6-10(15)14-8-4-7-13(2)11(9)14/h5-6,9,11H,3-4,7-8H2,1-2H3/t9-,11+/m0/s1. The Balaban J connectivity index is 2.23. The highest BCUT2D eigenvalue weighted by Gasteiger charge is 2.41. The first-order valence-corrected chi connectivity index (χ1v) is 6.01. The molecule has 0 radical (unpaired) electrons. The van der Waals surface area contributed by atoms with Crippen LogP contribution in [0.2, 0.25) is 0 Å². The summed E-state index contributed by atoms with van der Waals surface area (Å²) in [7, 11) is 1.94. The Kier molecular flexibility index (Phi) is 3.47. The number of rotatable bonds is 2. The Morgan fingerprint density at radius 1 is 1.53 bits per heavy atom. The molecule has 1 amide bonds. The van der Waals surface area contributed by atoms with E-state index in [1.54, 1.807) is 17.9 Å². The number of ether oxygens (including phenoxy) is 1. The smallest absolute Gasteiger partial charge is 0.316 e. The molecule has 0 aliphatic carbocycles. The molecule has 0 aromatic carbocycles. The van der Waals surface area contributed by atoms with Crippen molar-refractivity contribution in [1.29, 1.82) is 0 Å². The third-order valence-electron chi connectivity index (χ3n) is 3.29. The van der Waals surface area contributed by atoms with Gasteiger partial charge in [0, 0.05) is 19.2 Å². The third-order valence-corrected chi connectivity index (χ3v) is 3.29. The number of carbonyl (C=O) groups is 2. The highest BCUT2D eigenvalue weighted by atomic mass is 16.5. The van der Waals surface area contributed by atoms with Gasteiger partial charge in [0.1, 0.15) is 12.1 Å². The topological polar surface area (TPSA) is 49.9 Å². The van der Waals surface area contributed by atoms with Crippen LogP contribution in [0.15, 0.2) is 12.2 Å². The SMILES string of the molecule is CCOC(=O)[C@H]1C=CC(=O)N2CCCN(C)[C@@H]12. The predicted molar refractivity (Wildman–Crippen MR) is 62.0 cm³/mol. The van der Waals surface area contributed by atoms with Crippen LogP contribution in [-0.2, 0) is 14.3 Å². The molecule has 0 saturated carbocycles. The molecule has 5 heteroatoms. The Labute approximate surface area is 101 Å². The third kappa shape index (κ3) is 2.20. The summed E-state index contributed by atoms with van der Waals surface area (Å²) in [6.45, 7) is 3.78. The molecule has 1 fully saturated rings. The molecule has 5 nitrogen and oxygen atoms in total. The van der Waals surface area contributed by atoms with Crippen LogP contribution < -0.4 is 0 Å². The van der Waals surface area contributed by atoms with Crippen LogP contribution >= 0.6 is 0 Å². The van der Waals surface area contributed by atoms with Gasteiger partial charge in [-0.15, -0.1) is 0 Å². The van der Waals surface area contributed by atoms with E-state index < -0.39 is 0 Å². The Hall–Kier alpha value is -1.36. The molecule has 17 heavy (non-hydrogen) atoms. The summed E-state index contributed by atoms with van der Waals surface area (Å²) in [4.78, 5) is 27.4. The van der Waals surface area contributed by atoms with Crippen LogP contribution in [0.25, 0.3) is 0 Å². The minimum Gasteiger partial charge on any atom is -0.465 e. The lowest BCUT2D eigenvalue weighted by molar-refractivity contribution is -0.156. The molecule has 2 rings (SSSR count). The fraction of sp³-hybridized carbons (Fsp3) is 0.667. The van der Waals surface area contributed by atoms with E-state index in [0.29, 0.717) is 13.2 Å². The minimum atomic E-state index is -0.363. The molecule has 2 atom stereocenters. The van der Waals surface area contributed by atoms with Gasteiger partial charge in [-0.3, -0.25) is 14.5 Å². The van der Waals surface area contributed by atoms with E-state index in [2.05, 4.69) is 0 Å². The molecule has 0 aromatic rings. The average Bonchev–Trinajstić information content (AvgIpc) is 2.31. The van der Waals surface area contributed by atoms with E-state index in [1.807, 2.05) is 11.9 Å². The van der Waals surface area contributed by atoms with Crippen molar-refractivity contribution in [1.82, 2.24) is 9.80 Å². The Morgan fingerprint density at radius 3 is 3.00 bits per heavy atom. The summed E-state index contributed by atoms with van der Waals surface area (Å²) in [5.74, 6) is -0.625. The van der Waals surface area contributed by atoms with Crippen molar-refractivity contribution in [2.45, 2.75) is 19.5 Å². The van der Waals surface area contributed by atoms with E-state index in [9.17, 15) is 9.59 Å². The zero-order valence-electron chi connectivity index (χ0n) is 10.3. The monoisotopic (exact) mass is 238 g/mol. The van der Waals surface area contributed by atoms with Crippen molar-refractivity contribution in [2.24, 2.45) is 5.92 Å². The van der Waals surface area contributed by atoms with Crippen molar-refractivity contribution >= 4 is 11.9 Å². The second kappa shape index (κ2) is 4.87. The van der Waals surface area contributed by atoms with Gasteiger partial charge >= 0.3 is 5.97 Å². The lowest BCUT2D eigenvalue weighted by Crippen LogP contribution is -2.60. The predicted octanol–water partition coefficient (Wildman–Crippen LogP) is 0.226. The van der Waals surface area contributed by atoms with E-state index in [1.165, 1.54) is 6.08 Å². The maximum absolute atomic E-state index is 11.9. The van der Waals surface area contributed by atoms with E-state index >= 15 is 0 Å². The van der Waals surface area contributed by atoms with Gasteiger partial charge in [0.15, 0.2) is 0 Å². The Morgan fingerprint density at radius 2 is 2.29 bits per heavy atom. The van der Waals surface area contributed by atoms with Gasteiger partial charge in [0.2, 0.25) is 5.91 Å². The zero-order chi connectivity index (χ0) is 12.4. The minimum absolute atomic E-state index is 0.0119. The van der Waals surface area contributed by atoms with Gasteiger partial charge in [0.25, 0.3) is 0 Å². The largest absolute Gasteiger partial charge is 0.465 e. The first-order valence-electron chi connectivity index (χ1n) is 6.01. The molecule has 0 bridgehead atoms. The fourth-order valence-corrected chi connectivity index (χ4v) is 2.52. The summed E-state index contributed by atoms with van der Waals surface area (Å²) in [5.41, 5.74) is 0. The van der Waals surface area contributed by atoms with Gasteiger partial charge in [-0.25, -0.2) is 0 Å². The number of hydrogen-bond donors (Lipinski definition) is 0. The molecule has 0 spiro atoms. The van der Waals surface area contributed by atoms with Crippen LogP contribution in [0.4, 0.5) is 0 Å². The van der Waals surface area contributed by atoms with Crippen molar-refractivity contribution in [3.8, 4) is 0 Å². The van der Waals surface area contributed by atoms with Gasteiger partial charge < -0.3 is 9.64 Å². The lowest BCUT2D eigenvalue weighted by atomic mass is 9.97. The highest BCUT2D eigenvalue weighted by Crippen LogP contribution is 2.26. The van der Waals surface area contributed by atoms with E-state index in [4.69, 9.17) is 4.74 Å². The summed E-state index contributed by atoms with van der Waals surface area (Å²) < 4.78 is 5.06. The maximum Gasteiger partial charge on any atom is 0.316 e. The molecule has 2 aliphatic rings. The van der Waals surface area contributed by atoms with Crippen LogP contribution in [0.3, 0.4) is 0 Å².